The van der Waals surface area contributed by atoms with Gasteiger partial charge >= 0.3 is 0 Å². The molecule has 0 fully saturated rings. The Morgan fingerprint density at radius 1 is 1.32 bits per heavy atom. The quantitative estimate of drug-likeness (QED) is 0.827. The van der Waals surface area contributed by atoms with E-state index >= 15 is 0 Å². The van der Waals surface area contributed by atoms with Gasteiger partial charge in [-0.1, -0.05) is 0 Å². The van der Waals surface area contributed by atoms with Gasteiger partial charge < -0.3 is 10.1 Å². The first kappa shape index (κ1) is 14.1. The minimum atomic E-state index is 0.503. The summed E-state index contributed by atoms with van der Waals surface area (Å²) in [6, 6.07) is 7.88. The highest BCUT2D eigenvalue weighted by atomic mass is 79.9. The van der Waals surface area contributed by atoms with Crippen molar-refractivity contribution in [1.29, 1.82) is 0 Å². The normalized spacial score (nSPS) is 10.3. The Balaban J connectivity index is 2.18. The third-order valence-corrected chi connectivity index (χ3v) is 3.61. The van der Waals surface area contributed by atoms with Crippen molar-refractivity contribution in [3.8, 4) is 11.6 Å². The van der Waals surface area contributed by atoms with Crippen LogP contribution in [0.4, 0.5) is 5.95 Å². The number of benzene rings is 1. The molecule has 0 radical (unpaired) electrons. The number of hydrogen-bond acceptors (Lipinski definition) is 5. The summed E-state index contributed by atoms with van der Waals surface area (Å²) in [6.45, 7) is 2.76. The average molecular weight is 340 g/mol. The van der Waals surface area contributed by atoms with Crippen LogP contribution in [-0.2, 0) is 0 Å². The van der Waals surface area contributed by atoms with Gasteiger partial charge in [0.25, 0.3) is 0 Å². The van der Waals surface area contributed by atoms with Crippen LogP contribution in [0.5, 0.6) is 11.6 Å². The number of halogens is 1. The van der Waals surface area contributed by atoms with Crippen molar-refractivity contribution in [2.24, 2.45) is 0 Å². The molecule has 0 unspecified atom stereocenters. The maximum absolute atomic E-state index is 5.75. The van der Waals surface area contributed by atoms with Crippen LogP contribution in [-0.4, -0.2) is 22.8 Å². The van der Waals surface area contributed by atoms with Gasteiger partial charge in [0.2, 0.25) is 11.8 Å². The summed E-state index contributed by atoms with van der Waals surface area (Å²) in [5.74, 6) is 1.81. The minimum absolute atomic E-state index is 0.503. The standard InChI is InChI=1S/C13H14BrN3OS/c1-3-15-13-16-8-11(14)12(17-13)18-9-4-6-10(19-2)7-5-9/h4-8H,3H2,1-2H3,(H,15,16,17). The van der Waals surface area contributed by atoms with E-state index in [1.807, 2.05) is 37.4 Å². The molecule has 0 bridgehead atoms. The fourth-order valence-corrected chi connectivity index (χ4v) is 2.10. The largest absolute Gasteiger partial charge is 0.438 e. The lowest BCUT2D eigenvalue weighted by Crippen LogP contribution is -2.03. The third-order valence-electron chi connectivity index (χ3n) is 2.32. The van der Waals surface area contributed by atoms with Gasteiger partial charge in [0.15, 0.2) is 0 Å². The van der Waals surface area contributed by atoms with Crippen molar-refractivity contribution < 1.29 is 4.74 Å². The molecule has 1 heterocycles. The van der Waals surface area contributed by atoms with Crippen LogP contribution >= 0.6 is 27.7 Å². The first-order valence-corrected chi connectivity index (χ1v) is 7.83. The van der Waals surface area contributed by atoms with E-state index in [0.717, 1.165) is 16.8 Å². The van der Waals surface area contributed by atoms with E-state index in [9.17, 15) is 0 Å². The molecule has 2 rings (SSSR count). The minimum Gasteiger partial charge on any atom is -0.438 e. The Kier molecular flexibility index (Phi) is 5.04. The molecule has 0 saturated heterocycles. The zero-order chi connectivity index (χ0) is 13.7. The molecule has 1 N–H and O–H groups in total. The Labute approximate surface area is 125 Å². The van der Waals surface area contributed by atoms with Crippen LogP contribution in [0.15, 0.2) is 39.8 Å². The van der Waals surface area contributed by atoms with Gasteiger partial charge in [0.1, 0.15) is 5.75 Å². The van der Waals surface area contributed by atoms with E-state index in [1.165, 1.54) is 4.90 Å². The predicted molar refractivity (Wildman–Crippen MR) is 82.2 cm³/mol. The molecule has 6 heteroatoms. The van der Waals surface area contributed by atoms with Crippen molar-refractivity contribution in [1.82, 2.24) is 9.97 Å². The predicted octanol–water partition coefficient (Wildman–Crippen LogP) is 4.19. The number of nitrogens with one attached hydrogen (secondary N) is 1. The maximum Gasteiger partial charge on any atom is 0.238 e. The summed E-state index contributed by atoms with van der Waals surface area (Å²) in [5.41, 5.74) is 0. The molecule has 1 aromatic heterocycles. The van der Waals surface area contributed by atoms with Crippen LogP contribution in [0.2, 0.25) is 0 Å². The van der Waals surface area contributed by atoms with E-state index in [2.05, 4.69) is 31.2 Å². The van der Waals surface area contributed by atoms with Crippen molar-refractivity contribution >= 4 is 33.6 Å². The monoisotopic (exact) mass is 339 g/mol. The molecular weight excluding hydrogens is 326 g/mol. The Morgan fingerprint density at radius 3 is 2.68 bits per heavy atom. The van der Waals surface area contributed by atoms with E-state index < -0.39 is 0 Å². The Hall–Kier alpha value is -1.27. The fourth-order valence-electron chi connectivity index (χ4n) is 1.42. The lowest BCUT2D eigenvalue weighted by atomic mass is 10.3. The SMILES string of the molecule is CCNc1ncc(Br)c(Oc2ccc(SC)cc2)n1. The van der Waals surface area contributed by atoms with Crippen molar-refractivity contribution in [2.75, 3.05) is 18.1 Å². The third kappa shape index (κ3) is 3.84. The summed E-state index contributed by atoms with van der Waals surface area (Å²) in [4.78, 5) is 9.65. The summed E-state index contributed by atoms with van der Waals surface area (Å²) in [6.07, 6.45) is 3.72. The molecule has 0 aliphatic carbocycles. The molecule has 0 aliphatic heterocycles. The molecular formula is C13H14BrN3OS. The number of ether oxygens (including phenoxy) is 1. The van der Waals surface area contributed by atoms with Gasteiger partial charge in [-0.3, -0.25) is 0 Å². The second kappa shape index (κ2) is 6.77. The Bertz CT molecular complexity index is 548. The van der Waals surface area contributed by atoms with Crippen LogP contribution in [0, 0.1) is 0 Å². The van der Waals surface area contributed by atoms with E-state index in [1.54, 1.807) is 18.0 Å². The maximum atomic E-state index is 5.75. The highest BCUT2D eigenvalue weighted by Gasteiger charge is 2.07. The molecule has 2 aromatic rings. The molecule has 1 aromatic carbocycles. The first-order valence-electron chi connectivity index (χ1n) is 5.81. The number of aromatic nitrogens is 2. The van der Waals surface area contributed by atoms with Crippen LogP contribution in [0.1, 0.15) is 6.92 Å². The van der Waals surface area contributed by atoms with Crippen molar-refractivity contribution in [2.45, 2.75) is 11.8 Å². The van der Waals surface area contributed by atoms with Gasteiger partial charge in [-0.15, -0.1) is 11.8 Å². The lowest BCUT2D eigenvalue weighted by Gasteiger charge is -2.08. The van der Waals surface area contributed by atoms with Crippen LogP contribution in [0.25, 0.3) is 0 Å². The molecule has 0 atom stereocenters. The van der Waals surface area contributed by atoms with Gasteiger partial charge in [-0.2, -0.15) is 4.98 Å². The second-order valence-electron chi connectivity index (χ2n) is 3.65. The molecule has 4 nitrogen and oxygen atoms in total. The summed E-state index contributed by atoms with van der Waals surface area (Å²) >= 11 is 5.08. The molecule has 0 spiro atoms. The van der Waals surface area contributed by atoms with Gasteiger partial charge in [0.05, 0.1) is 10.7 Å². The smallest absolute Gasteiger partial charge is 0.238 e. The zero-order valence-corrected chi connectivity index (χ0v) is 13.1. The molecule has 0 saturated carbocycles. The zero-order valence-electron chi connectivity index (χ0n) is 10.7. The fraction of sp³-hybridized carbons (Fsp3) is 0.231. The number of thioether (sulfide) groups is 1. The highest BCUT2D eigenvalue weighted by molar-refractivity contribution is 9.10. The molecule has 0 amide bonds. The van der Waals surface area contributed by atoms with Crippen LogP contribution in [0.3, 0.4) is 0 Å². The second-order valence-corrected chi connectivity index (χ2v) is 5.39. The van der Waals surface area contributed by atoms with Gasteiger partial charge in [-0.05, 0) is 53.4 Å². The molecule has 0 aliphatic rings. The molecule has 19 heavy (non-hydrogen) atoms. The van der Waals surface area contributed by atoms with E-state index in [0.29, 0.717) is 11.8 Å². The van der Waals surface area contributed by atoms with Crippen molar-refractivity contribution in [3.05, 3.63) is 34.9 Å². The van der Waals surface area contributed by atoms with E-state index in [4.69, 9.17) is 4.74 Å². The number of rotatable bonds is 5. The highest BCUT2D eigenvalue weighted by Crippen LogP contribution is 2.28. The Morgan fingerprint density at radius 2 is 2.05 bits per heavy atom. The summed E-state index contributed by atoms with van der Waals surface area (Å²) in [7, 11) is 0. The van der Waals surface area contributed by atoms with Crippen molar-refractivity contribution in [3.63, 3.8) is 0 Å². The molecule has 100 valence electrons. The summed E-state index contributed by atoms with van der Waals surface area (Å²) < 4.78 is 6.47. The van der Waals surface area contributed by atoms with Gasteiger partial charge in [-0.25, -0.2) is 4.98 Å². The first-order chi connectivity index (χ1) is 9.22. The van der Waals surface area contributed by atoms with Gasteiger partial charge in [0, 0.05) is 11.4 Å². The topological polar surface area (TPSA) is 47.0 Å². The van der Waals surface area contributed by atoms with Crippen LogP contribution < -0.4 is 10.1 Å². The average Bonchev–Trinajstić information content (AvgIpc) is 2.44. The number of hydrogen-bond donors (Lipinski definition) is 1. The number of nitrogens with zero attached hydrogens (tertiary/aromatic N) is 2. The number of anilines is 1. The summed E-state index contributed by atoms with van der Waals surface area (Å²) in [5, 5.41) is 3.05. The van der Waals surface area contributed by atoms with E-state index in [-0.39, 0.29) is 0 Å². The lowest BCUT2D eigenvalue weighted by molar-refractivity contribution is 0.458.